The first-order chi connectivity index (χ1) is 16.7. The third kappa shape index (κ3) is 3.90. The highest BCUT2D eigenvalue weighted by atomic mass is 35.5. The van der Waals surface area contributed by atoms with E-state index in [9.17, 15) is 0 Å². The monoisotopic (exact) mass is 475 g/mol. The van der Waals surface area contributed by atoms with Gasteiger partial charge in [0.05, 0.1) is 0 Å². The molecule has 0 bridgehead atoms. The lowest BCUT2D eigenvalue weighted by atomic mass is 9.99. The van der Waals surface area contributed by atoms with Crippen LogP contribution in [0.4, 0.5) is 0 Å². The molecule has 0 radical (unpaired) electrons. The van der Waals surface area contributed by atoms with Crippen molar-refractivity contribution in [3.8, 4) is 11.1 Å². The maximum atomic E-state index is 6.49. The molecule has 0 aliphatic carbocycles. The van der Waals surface area contributed by atoms with Gasteiger partial charge in [0.15, 0.2) is 0 Å². The van der Waals surface area contributed by atoms with Crippen LogP contribution in [0, 0.1) is 0 Å². The average Bonchev–Trinajstić information content (AvgIpc) is 2.91. The van der Waals surface area contributed by atoms with Gasteiger partial charge in [0, 0.05) is 16.2 Å². The summed E-state index contributed by atoms with van der Waals surface area (Å²) >= 11 is 6.49. The van der Waals surface area contributed by atoms with E-state index < -0.39 is 7.26 Å². The summed E-state index contributed by atoms with van der Waals surface area (Å²) in [6, 6.07) is 49.9. The van der Waals surface area contributed by atoms with E-state index in [1.54, 1.807) is 0 Å². The lowest BCUT2D eigenvalue weighted by Gasteiger charge is -2.29. The van der Waals surface area contributed by atoms with Crippen molar-refractivity contribution in [1.29, 1.82) is 0 Å². The lowest BCUT2D eigenvalue weighted by Crippen LogP contribution is -2.39. The van der Waals surface area contributed by atoms with Gasteiger partial charge >= 0.3 is 0 Å². The highest BCUT2D eigenvalue weighted by Crippen LogP contribution is 2.56. The SMILES string of the molecule is C=C(Cl)c1ccccc1-c1ccccc1[P+](c1ccccc1)(c1ccccc1)c1ccccc1. The van der Waals surface area contributed by atoms with Crippen molar-refractivity contribution in [3.63, 3.8) is 0 Å². The molecule has 0 nitrogen and oxygen atoms in total. The van der Waals surface area contributed by atoms with Crippen LogP contribution in [0.25, 0.3) is 16.2 Å². The number of hydrogen-bond donors (Lipinski definition) is 0. The molecule has 0 amide bonds. The maximum Gasteiger partial charge on any atom is 0.144 e. The van der Waals surface area contributed by atoms with Crippen molar-refractivity contribution in [1.82, 2.24) is 0 Å². The van der Waals surface area contributed by atoms with Crippen LogP contribution in [0.5, 0.6) is 0 Å². The Kier molecular flexibility index (Phi) is 6.45. The zero-order chi connectivity index (χ0) is 23.4. The summed E-state index contributed by atoms with van der Waals surface area (Å²) in [4.78, 5) is 0. The minimum Gasteiger partial charge on any atom is -0.0843 e. The summed E-state index contributed by atoms with van der Waals surface area (Å²) in [6.45, 7) is 4.05. The topological polar surface area (TPSA) is 0 Å². The van der Waals surface area contributed by atoms with Gasteiger partial charge in [0.1, 0.15) is 28.5 Å². The molecule has 2 heteroatoms. The summed E-state index contributed by atoms with van der Waals surface area (Å²) in [7, 11) is -2.23. The Balaban J connectivity index is 1.95. The molecule has 0 aliphatic heterocycles. The third-order valence-corrected chi connectivity index (χ3v) is 10.7. The van der Waals surface area contributed by atoms with Crippen LogP contribution in [0.3, 0.4) is 0 Å². The molecule has 0 unspecified atom stereocenters. The van der Waals surface area contributed by atoms with E-state index in [-0.39, 0.29) is 0 Å². The van der Waals surface area contributed by atoms with E-state index in [1.165, 1.54) is 26.8 Å². The quantitative estimate of drug-likeness (QED) is 0.228. The summed E-state index contributed by atoms with van der Waals surface area (Å²) in [6.07, 6.45) is 0. The lowest BCUT2D eigenvalue weighted by molar-refractivity contribution is 1.60. The first-order valence-corrected chi connectivity index (χ1v) is 13.5. The Morgan fingerprint density at radius 1 is 0.471 bits per heavy atom. The molecule has 0 saturated carbocycles. The van der Waals surface area contributed by atoms with Crippen LogP contribution in [-0.4, -0.2) is 0 Å². The third-order valence-electron chi connectivity index (χ3n) is 6.21. The number of rotatable bonds is 6. The molecule has 0 heterocycles. The molecule has 164 valence electrons. The molecular formula is C32H25ClP+. The Labute approximate surface area is 207 Å². The Morgan fingerprint density at radius 3 is 1.32 bits per heavy atom. The van der Waals surface area contributed by atoms with Gasteiger partial charge in [-0.1, -0.05) is 115 Å². The van der Waals surface area contributed by atoms with Crippen molar-refractivity contribution < 1.29 is 0 Å². The second-order valence-corrected chi connectivity index (χ2v) is 12.0. The van der Waals surface area contributed by atoms with Gasteiger partial charge in [-0.25, -0.2) is 0 Å². The smallest absolute Gasteiger partial charge is 0.0843 e. The minimum absolute atomic E-state index is 0.550. The molecule has 5 rings (SSSR count). The average molecular weight is 476 g/mol. The summed E-state index contributed by atoms with van der Waals surface area (Å²) < 4.78 is 0. The fraction of sp³-hybridized carbons (Fsp3) is 0. The van der Waals surface area contributed by atoms with Crippen LogP contribution < -0.4 is 21.2 Å². The van der Waals surface area contributed by atoms with Gasteiger partial charge in [-0.15, -0.1) is 0 Å². The van der Waals surface area contributed by atoms with Gasteiger partial charge in [-0.05, 0) is 48.0 Å². The molecule has 0 saturated heterocycles. The molecular weight excluding hydrogens is 451 g/mol. The fourth-order valence-corrected chi connectivity index (χ4v) is 9.39. The summed E-state index contributed by atoms with van der Waals surface area (Å²) in [5.74, 6) is 0. The van der Waals surface area contributed by atoms with Gasteiger partial charge in [0.25, 0.3) is 0 Å². The molecule has 0 atom stereocenters. The summed E-state index contributed by atoms with van der Waals surface area (Å²) in [5.41, 5.74) is 3.25. The maximum absolute atomic E-state index is 6.49. The minimum atomic E-state index is -2.23. The molecule has 0 aromatic heterocycles. The van der Waals surface area contributed by atoms with Crippen LogP contribution in [-0.2, 0) is 0 Å². The van der Waals surface area contributed by atoms with Crippen LogP contribution in [0.2, 0.25) is 0 Å². The van der Waals surface area contributed by atoms with Crippen LogP contribution >= 0.6 is 18.9 Å². The predicted molar refractivity (Wildman–Crippen MR) is 152 cm³/mol. The molecule has 34 heavy (non-hydrogen) atoms. The van der Waals surface area contributed by atoms with E-state index in [0.717, 1.165) is 11.1 Å². The number of benzene rings is 5. The van der Waals surface area contributed by atoms with Crippen molar-refractivity contribution in [2.75, 3.05) is 0 Å². The second kappa shape index (κ2) is 9.82. The van der Waals surface area contributed by atoms with Crippen molar-refractivity contribution >= 4 is 45.1 Å². The molecule has 0 spiro atoms. The molecule has 5 aromatic carbocycles. The Morgan fingerprint density at radius 2 is 0.853 bits per heavy atom. The van der Waals surface area contributed by atoms with Crippen LogP contribution in [0.15, 0.2) is 146 Å². The van der Waals surface area contributed by atoms with E-state index in [1.807, 2.05) is 6.07 Å². The van der Waals surface area contributed by atoms with Crippen LogP contribution in [0.1, 0.15) is 5.56 Å². The highest BCUT2D eigenvalue weighted by Gasteiger charge is 2.49. The standard InChI is InChI=1S/C32H25ClP/c1-25(33)29-21-11-12-22-30(29)31-23-13-14-24-32(31)34(26-15-5-2-6-16-26,27-17-7-3-8-18-27)28-19-9-4-10-20-28/h2-24H,1H2/q+1. The van der Waals surface area contributed by atoms with E-state index in [0.29, 0.717) is 5.03 Å². The largest absolute Gasteiger partial charge is 0.144 e. The predicted octanol–water partition coefficient (Wildman–Crippen LogP) is 7.18. The molecule has 0 fully saturated rings. The highest BCUT2D eigenvalue weighted by molar-refractivity contribution is 8.01. The number of halogens is 1. The Hall–Kier alpha value is -3.44. The zero-order valence-electron chi connectivity index (χ0n) is 18.8. The van der Waals surface area contributed by atoms with Crippen molar-refractivity contribution in [2.24, 2.45) is 0 Å². The molecule has 0 N–H and O–H groups in total. The normalized spacial score (nSPS) is 11.2. The Bertz CT molecular complexity index is 1310. The van der Waals surface area contributed by atoms with Crippen molar-refractivity contribution in [2.45, 2.75) is 0 Å². The van der Waals surface area contributed by atoms with Crippen molar-refractivity contribution in [3.05, 3.63) is 152 Å². The molecule has 0 aliphatic rings. The summed E-state index contributed by atoms with van der Waals surface area (Å²) in [5, 5.41) is 5.82. The van der Waals surface area contributed by atoms with Gasteiger partial charge < -0.3 is 0 Å². The number of hydrogen-bond acceptors (Lipinski definition) is 0. The first kappa shape index (κ1) is 22.4. The van der Waals surface area contributed by atoms with E-state index in [2.05, 4.69) is 140 Å². The van der Waals surface area contributed by atoms with E-state index in [4.69, 9.17) is 11.6 Å². The first-order valence-electron chi connectivity index (χ1n) is 11.3. The molecule has 5 aromatic rings. The van der Waals surface area contributed by atoms with Gasteiger partial charge in [-0.3, -0.25) is 0 Å². The zero-order valence-corrected chi connectivity index (χ0v) is 20.5. The van der Waals surface area contributed by atoms with Gasteiger partial charge in [0.2, 0.25) is 0 Å². The second-order valence-electron chi connectivity index (χ2n) is 8.15. The van der Waals surface area contributed by atoms with Gasteiger partial charge in [-0.2, -0.15) is 0 Å². The fourth-order valence-electron chi connectivity index (χ4n) is 4.77. The van der Waals surface area contributed by atoms with E-state index >= 15 is 0 Å².